The van der Waals surface area contributed by atoms with Gasteiger partial charge in [0.1, 0.15) is 11.5 Å². The number of hydrogen-bond donors (Lipinski definition) is 1. The number of nitrogens with one attached hydrogen (secondary N) is 1. The molecule has 11 heteroatoms. The first-order valence-corrected chi connectivity index (χ1v) is 13.7. The van der Waals surface area contributed by atoms with Gasteiger partial charge in [-0.3, -0.25) is 24.4 Å². The number of fused-ring (bicyclic) bond motifs is 2. The van der Waals surface area contributed by atoms with E-state index in [1.807, 2.05) is 26.0 Å². The smallest absolute Gasteiger partial charge is 0.285 e. The standard InChI is InChI=1S/C30H31FN6O4/c1-18(2)41-26-15-23-25(16-24(26)31)33-34-28(23)20-8-9-32-27(14-20)36-11-10-35(19(3)17-36)12-13-40-37-29(38)21-6-4-5-7-22(21)30(37)39/h4-9,14-16,18-19H,10-13,17H2,1-3H3,(H,33,34)/t19-/m0/s1. The Morgan fingerprint density at radius 1 is 1.07 bits per heavy atom. The monoisotopic (exact) mass is 558 g/mol. The number of aromatic nitrogens is 3. The molecule has 1 fully saturated rings. The molecule has 0 bridgehead atoms. The summed E-state index contributed by atoms with van der Waals surface area (Å²) in [4.78, 5) is 39.8. The molecule has 2 amide bonds. The molecule has 1 N–H and O–H groups in total. The molecule has 212 valence electrons. The highest BCUT2D eigenvalue weighted by Crippen LogP contribution is 2.33. The van der Waals surface area contributed by atoms with E-state index in [0.717, 1.165) is 41.5 Å². The molecule has 41 heavy (non-hydrogen) atoms. The lowest BCUT2D eigenvalue weighted by molar-refractivity contribution is -0.0973. The van der Waals surface area contributed by atoms with E-state index >= 15 is 0 Å². The Balaban J connectivity index is 1.10. The number of benzene rings is 2. The number of nitrogens with zero attached hydrogens (tertiary/aromatic N) is 5. The van der Waals surface area contributed by atoms with Gasteiger partial charge >= 0.3 is 0 Å². The number of H-pyrrole nitrogens is 1. The number of carbonyl (C=O) groups is 2. The third-order valence-electron chi connectivity index (χ3n) is 7.44. The number of imide groups is 1. The summed E-state index contributed by atoms with van der Waals surface area (Å²) in [6, 6.07) is 13.9. The van der Waals surface area contributed by atoms with Crippen LogP contribution in [0.5, 0.6) is 5.75 Å². The maximum Gasteiger partial charge on any atom is 0.285 e. The lowest BCUT2D eigenvalue weighted by Gasteiger charge is -2.40. The summed E-state index contributed by atoms with van der Waals surface area (Å²) in [5, 5.41) is 9.03. The second-order valence-electron chi connectivity index (χ2n) is 10.6. The zero-order valence-corrected chi connectivity index (χ0v) is 23.1. The minimum absolute atomic E-state index is 0.153. The van der Waals surface area contributed by atoms with Crippen LogP contribution in [-0.4, -0.2) is 81.9 Å². The van der Waals surface area contributed by atoms with Gasteiger partial charge in [0.15, 0.2) is 11.6 Å². The number of rotatable bonds is 8. The molecule has 2 aromatic carbocycles. The van der Waals surface area contributed by atoms with Crippen molar-refractivity contribution in [3.63, 3.8) is 0 Å². The van der Waals surface area contributed by atoms with Crippen molar-refractivity contribution in [2.45, 2.75) is 32.9 Å². The fraction of sp³-hybridized carbons (Fsp3) is 0.333. The number of hydroxylamine groups is 2. The zero-order chi connectivity index (χ0) is 28.7. The van der Waals surface area contributed by atoms with E-state index in [1.54, 1.807) is 36.5 Å². The van der Waals surface area contributed by atoms with Crippen molar-refractivity contribution in [3.05, 3.63) is 71.7 Å². The summed E-state index contributed by atoms with van der Waals surface area (Å²) in [6.45, 7) is 8.89. The molecule has 10 nitrogen and oxygen atoms in total. The molecule has 0 radical (unpaired) electrons. The Morgan fingerprint density at radius 2 is 1.83 bits per heavy atom. The second kappa shape index (κ2) is 10.9. The number of amides is 2. The number of anilines is 1. The number of hydrogen-bond acceptors (Lipinski definition) is 8. The number of halogens is 1. The van der Waals surface area contributed by atoms with E-state index in [2.05, 4.69) is 31.9 Å². The van der Waals surface area contributed by atoms with Crippen LogP contribution in [0.25, 0.3) is 22.2 Å². The van der Waals surface area contributed by atoms with E-state index in [4.69, 9.17) is 9.57 Å². The first-order valence-electron chi connectivity index (χ1n) is 13.7. The maximum absolute atomic E-state index is 14.5. The molecule has 0 aliphatic carbocycles. The van der Waals surface area contributed by atoms with Crippen LogP contribution < -0.4 is 9.64 Å². The number of piperazine rings is 1. The Kier molecular flexibility index (Phi) is 7.14. The molecule has 2 aromatic heterocycles. The largest absolute Gasteiger partial charge is 0.488 e. The SMILES string of the molecule is CC(C)Oc1cc2c(-c3ccnc(N4CCN(CCON5C(=O)c6ccccc6C5=O)[C@@H](C)C4)c3)n[nH]c2cc1F. The van der Waals surface area contributed by atoms with E-state index in [1.165, 1.54) is 6.07 Å². The van der Waals surface area contributed by atoms with Crippen LogP contribution in [0.3, 0.4) is 0 Å². The molecule has 1 saturated heterocycles. The summed E-state index contributed by atoms with van der Waals surface area (Å²) in [7, 11) is 0. The highest BCUT2D eigenvalue weighted by Gasteiger charge is 2.36. The van der Waals surface area contributed by atoms with Crippen molar-refractivity contribution in [2.24, 2.45) is 0 Å². The van der Waals surface area contributed by atoms with Crippen LogP contribution in [0.15, 0.2) is 54.7 Å². The third kappa shape index (κ3) is 5.14. The number of ether oxygens (including phenoxy) is 1. The van der Waals surface area contributed by atoms with Gasteiger partial charge in [-0.2, -0.15) is 5.10 Å². The first kappa shape index (κ1) is 26.9. The van der Waals surface area contributed by atoms with Crippen LogP contribution in [0.4, 0.5) is 10.2 Å². The van der Waals surface area contributed by atoms with Gasteiger partial charge in [-0.1, -0.05) is 12.1 Å². The van der Waals surface area contributed by atoms with Crippen molar-refractivity contribution in [1.82, 2.24) is 25.1 Å². The van der Waals surface area contributed by atoms with Gasteiger partial charge in [0.05, 0.1) is 29.4 Å². The van der Waals surface area contributed by atoms with E-state index < -0.39 is 17.6 Å². The molecule has 6 rings (SSSR count). The van der Waals surface area contributed by atoms with Crippen molar-refractivity contribution < 1.29 is 23.6 Å². The van der Waals surface area contributed by atoms with Gasteiger partial charge in [0.25, 0.3) is 11.8 Å². The van der Waals surface area contributed by atoms with Gasteiger partial charge in [-0.05, 0) is 51.1 Å². The highest BCUT2D eigenvalue weighted by atomic mass is 19.1. The third-order valence-corrected chi connectivity index (χ3v) is 7.44. The predicted molar refractivity (Wildman–Crippen MR) is 151 cm³/mol. The summed E-state index contributed by atoms with van der Waals surface area (Å²) in [5.41, 5.74) is 2.90. The lowest BCUT2D eigenvalue weighted by atomic mass is 10.1. The van der Waals surface area contributed by atoms with Crippen molar-refractivity contribution in [2.75, 3.05) is 37.7 Å². The Bertz CT molecular complexity index is 1590. The Morgan fingerprint density at radius 3 is 2.54 bits per heavy atom. The van der Waals surface area contributed by atoms with Crippen molar-refractivity contribution in [1.29, 1.82) is 0 Å². The van der Waals surface area contributed by atoms with Gasteiger partial charge < -0.3 is 9.64 Å². The normalized spacial score (nSPS) is 17.6. The molecule has 2 aliphatic rings. The number of carbonyl (C=O) groups excluding carboxylic acids is 2. The fourth-order valence-corrected chi connectivity index (χ4v) is 5.39. The van der Waals surface area contributed by atoms with Crippen molar-refractivity contribution >= 4 is 28.5 Å². The van der Waals surface area contributed by atoms with Crippen LogP contribution in [0.2, 0.25) is 0 Å². The van der Waals surface area contributed by atoms with E-state index in [0.29, 0.717) is 28.9 Å². The Labute approximate surface area is 236 Å². The van der Waals surface area contributed by atoms with Crippen LogP contribution >= 0.6 is 0 Å². The second-order valence-corrected chi connectivity index (χ2v) is 10.6. The summed E-state index contributed by atoms with van der Waals surface area (Å²) in [5.74, 6) is -0.256. The molecular weight excluding hydrogens is 527 g/mol. The number of aromatic amines is 1. The zero-order valence-electron chi connectivity index (χ0n) is 23.1. The van der Waals surface area contributed by atoms with Crippen LogP contribution in [-0.2, 0) is 4.84 Å². The molecule has 4 heterocycles. The summed E-state index contributed by atoms with van der Waals surface area (Å²) in [6.07, 6.45) is 1.60. The molecule has 4 aromatic rings. The summed E-state index contributed by atoms with van der Waals surface area (Å²) >= 11 is 0. The molecule has 0 spiro atoms. The topological polar surface area (TPSA) is 104 Å². The van der Waals surface area contributed by atoms with Crippen LogP contribution in [0.1, 0.15) is 41.5 Å². The van der Waals surface area contributed by atoms with Gasteiger partial charge in [-0.25, -0.2) is 9.37 Å². The van der Waals surface area contributed by atoms with Gasteiger partial charge in [0, 0.05) is 55.4 Å². The number of pyridine rings is 1. The first-order chi connectivity index (χ1) is 19.8. The van der Waals surface area contributed by atoms with Gasteiger partial charge in [0.2, 0.25) is 0 Å². The molecule has 0 saturated carbocycles. The maximum atomic E-state index is 14.5. The molecule has 2 aliphatic heterocycles. The van der Waals surface area contributed by atoms with Crippen molar-refractivity contribution in [3.8, 4) is 17.0 Å². The quantitative estimate of drug-likeness (QED) is 0.320. The van der Waals surface area contributed by atoms with E-state index in [-0.39, 0.29) is 24.5 Å². The predicted octanol–water partition coefficient (Wildman–Crippen LogP) is 4.29. The van der Waals surface area contributed by atoms with Gasteiger partial charge in [-0.15, -0.1) is 5.06 Å². The van der Waals surface area contributed by atoms with E-state index in [9.17, 15) is 14.0 Å². The minimum Gasteiger partial charge on any atom is -0.488 e. The fourth-order valence-electron chi connectivity index (χ4n) is 5.39. The Hall–Kier alpha value is -4.35. The van der Waals surface area contributed by atoms with Crippen LogP contribution in [0, 0.1) is 5.82 Å². The summed E-state index contributed by atoms with van der Waals surface area (Å²) < 4.78 is 20.1. The molecular formula is C30H31FN6O4. The minimum atomic E-state index is -0.433. The molecule has 0 unspecified atom stereocenters. The molecule has 1 atom stereocenters. The average molecular weight is 559 g/mol. The highest BCUT2D eigenvalue weighted by molar-refractivity contribution is 6.20. The average Bonchev–Trinajstić information content (AvgIpc) is 3.47. The lowest BCUT2D eigenvalue weighted by Crippen LogP contribution is -2.53.